The monoisotopic (exact) mass is 1310 g/mol. The van der Waals surface area contributed by atoms with Gasteiger partial charge in [0.2, 0.25) is 17.9 Å². The van der Waals surface area contributed by atoms with Crippen LogP contribution in [0.1, 0.15) is 204 Å². The summed E-state index contributed by atoms with van der Waals surface area (Å²) in [6.45, 7) is 26.6. The molecule has 0 amide bonds. The average molecular weight is 1320 g/mol. The maximum atomic E-state index is 11.3. The summed E-state index contributed by atoms with van der Waals surface area (Å²) in [5.74, 6) is 7.76. The van der Waals surface area contributed by atoms with Gasteiger partial charge in [-0.2, -0.15) is 0 Å². The molecule has 22 heteroatoms. The molecule has 0 saturated carbocycles. The van der Waals surface area contributed by atoms with Gasteiger partial charge in [-0.05, 0) is 157 Å². The Hall–Kier alpha value is -9.27. The first-order valence-electron chi connectivity index (χ1n) is 30.8. The number of ketones is 6. The molecule has 6 aromatic rings. The molecule has 0 aliphatic rings. The summed E-state index contributed by atoms with van der Waals surface area (Å²) in [7, 11) is 1.26. The number of allylic oxidation sites excluding steroid dienone is 2. The van der Waals surface area contributed by atoms with Crippen molar-refractivity contribution in [2.24, 2.45) is 5.92 Å². The second kappa shape index (κ2) is 60.0. The van der Waals surface area contributed by atoms with Crippen LogP contribution in [-0.4, -0.2) is 96.0 Å². The number of ether oxygens (including phenoxy) is 5. The van der Waals surface area contributed by atoms with Gasteiger partial charge in [0.05, 0.1) is 57.7 Å². The van der Waals surface area contributed by atoms with Crippen molar-refractivity contribution in [3.63, 3.8) is 0 Å². The number of furan rings is 6. The lowest BCUT2D eigenvalue weighted by atomic mass is 10.0. The SMILES string of the molecule is C=CC(O)c1ccco1.CCC(=O)/C=C/c1ccco1.CCC(=O)OCc1ccco1.CCC(C)C(=O)c1ccco1.CCC(O)c1ccco1.CCCCC(=O)c1ccco1.CCOC(=O)CCC(C)=O.CCOC(C#CC(=O)CC)OCC.COC(=O)/C=C/C(C)=O. The van der Waals surface area contributed by atoms with Crippen molar-refractivity contribution < 1.29 is 104 Å². The van der Waals surface area contributed by atoms with Crippen LogP contribution in [0.15, 0.2) is 168 Å². The first kappa shape index (κ1) is 88.9. The third-order valence-electron chi connectivity index (χ3n) is 11.2. The summed E-state index contributed by atoms with van der Waals surface area (Å²) in [5, 5.41) is 18.1. The predicted octanol–water partition coefficient (Wildman–Crippen LogP) is 15.0. The second-order valence-corrected chi connectivity index (χ2v) is 18.8. The van der Waals surface area contributed by atoms with Gasteiger partial charge in [-0.3, -0.25) is 33.6 Å². The lowest BCUT2D eigenvalue weighted by Gasteiger charge is -2.09. The van der Waals surface area contributed by atoms with Crippen LogP contribution >= 0.6 is 0 Å². The third kappa shape index (κ3) is 50.4. The van der Waals surface area contributed by atoms with E-state index in [9.17, 15) is 43.2 Å². The first-order valence-corrected chi connectivity index (χ1v) is 30.8. The Morgan fingerprint density at radius 2 is 1.15 bits per heavy atom. The molecular weight excluding hydrogens is 1220 g/mol. The molecule has 6 aromatic heterocycles. The van der Waals surface area contributed by atoms with E-state index in [4.69, 9.17) is 50.9 Å². The number of hydrogen-bond acceptors (Lipinski definition) is 22. The van der Waals surface area contributed by atoms with Gasteiger partial charge in [0, 0.05) is 57.3 Å². The van der Waals surface area contributed by atoms with E-state index >= 15 is 0 Å². The summed E-state index contributed by atoms with van der Waals surface area (Å²) < 4.78 is 53.5. The van der Waals surface area contributed by atoms with Gasteiger partial charge in [0.15, 0.2) is 28.9 Å². The summed E-state index contributed by atoms with van der Waals surface area (Å²) in [6, 6.07) is 21.0. The molecule has 0 fully saturated rings. The van der Waals surface area contributed by atoms with Gasteiger partial charge in [-0.15, -0.1) is 6.58 Å². The number of carbonyl (C=O) groups is 9. The Morgan fingerprint density at radius 3 is 1.59 bits per heavy atom. The molecule has 6 heterocycles. The number of methoxy groups -OCH3 is 1. The van der Waals surface area contributed by atoms with Gasteiger partial charge in [0.1, 0.15) is 47.6 Å². The van der Waals surface area contributed by atoms with Gasteiger partial charge < -0.3 is 65.2 Å². The average Bonchev–Trinajstić information content (AvgIpc) is 3.19. The molecular formula is C72H98O22. The lowest BCUT2D eigenvalue weighted by Crippen LogP contribution is -2.15. The maximum Gasteiger partial charge on any atom is 0.330 e. The fourth-order valence-electron chi connectivity index (χ4n) is 5.76. The van der Waals surface area contributed by atoms with Crippen molar-refractivity contribution in [3.8, 4) is 11.8 Å². The van der Waals surface area contributed by atoms with Crippen molar-refractivity contribution in [2.75, 3.05) is 26.9 Å². The summed E-state index contributed by atoms with van der Waals surface area (Å²) in [4.78, 5) is 96.1. The van der Waals surface area contributed by atoms with Gasteiger partial charge in [0.25, 0.3) is 0 Å². The third-order valence-corrected chi connectivity index (χ3v) is 11.2. The minimum Gasteiger partial charge on any atom is -0.467 e. The highest BCUT2D eigenvalue weighted by Gasteiger charge is 2.15. The molecule has 2 N–H and O–H groups in total. The van der Waals surface area contributed by atoms with Gasteiger partial charge in [-0.1, -0.05) is 61.0 Å². The molecule has 0 spiro atoms. The minimum atomic E-state index is -0.667. The van der Waals surface area contributed by atoms with Gasteiger partial charge >= 0.3 is 17.9 Å². The summed E-state index contributed by atoms with van der Waals surface area (Å²) in [6.07, 6.45) is 20.5. The van der Waals surface area contributed by atoms with Crippen molar-refractivity contribution in [1.29, 1.82) is 0 Å². The van der Waals surface area contributed by atoms with Crippen LogP contribution in [0.5, 0.6) is 0 Å². The number of hydrogen-bond donors (Lipinski definition) is 2. The molecule has 94 heavy (non-hydrogen) atoms. The molecule has 22 nitrogen and oxygen atoms in total. The number of carbonyl (C=O) groups excluding carboxylic acids is 9. The Balaban J connectivity index is -0.000000993. The Kier molecular flexibility index (Phi) is 56.8. The molecule has 0 aromatic carbocycles. The highest BCUT2D eigenvalue weighted by molar-refractivity contribution is 5.96. The zero-order valence-electron chi connectivity index (χ0n) is 56.8. The van der Waals surface area contributed by atoms with Crippen molar-refractivity contribution in [3.05, 3.63) is 176 Å². The number of aliphatic hydroxyl groups excluding tert-OH is 2. The van der Waals surface area contributed by atoms with E-state index < -0.39 is 24.5 Å². The number of aliphatic hydroxyl groups is 2. The molecule has 3 atom stereocenters. The molecule has 0 saturated heterocycles. The number of esters is 3. The maximum absolute atomic E-state index is 11.3. The fraction of sp³-hybridized carbons (Fsp3) is 0.431. The van der Waals surface area contributed by atoms with E-state index in [0.717, 1.165) is 31.4 Å². The van der Waals surface area contributed by atoms with Gasteiger partial charge in [-0.25, -0.2) is 4.79 Å². The van der Waals surface area contributed by atoms with Crippen LogP contribution in [0, 0.1) is 17.8 Å². The van der Waals surface area contributed by atoms with Crippen LogP contribution < -0.4 is 0 Å². The molecule has 6 rings (SSSR count). The molecule has 0 aliphatic carbocycles. The normalized spacial score (nSPS) is 10.8. The Morgan fingerprint density at radius 1 is 0.585 bits per heavy atom. The summed E-state index contributed by atoms with van der Waals surface area (Å²) in [5.41, 5.74) is 0. The zero-order valence-corrected chi connectivity index (χ0v) is 56.8. The minimum absolute atomic E-state index is 0.0213. The fourth-order valence-corrected chi connectivity index (χ4v) is 5.76. The van der Waals surface area contributed by atoms with Crippen LogP contribution in [-0.2, 0) is 63.9 Å². The topological polar surface area (TPSA) is 319 Å². The highest BCUT2D eigenvalue weighted by Crippen LogP contribution is 2.16. The highest BCUT2D eigenvalue weighted by atomic mass is 16.7. The lowest BCUT2D eigenvalue weighted by molar-refractivity contribution is -0.145. The van der Waals surface area contributed by atoms with E-state index in [1.165, 1.54) is 51.9 Å². The van der Waals surface area contributed by atoms with Crippen molar-refractivity contribution >= 4 is 58.7 Å². The number of rotatable bonds is 28. The molecule has 0 aliphatic heterocycles. The van der Waals surface area contributed by atoms with Crippen LogP contribution in [0.3, 0.4) is 0 Å². The van der Waals surface area contributed by atoms with Crippen molar-refractivity contribution in [2.45, 2.75) is 172 Å². The standard InChI is InChI=1S/C10H16O3.C9H12O2.C9H10O2.C9H12O2.C8H10O3.C7H12O3.C7H10O2.C7H8O2.C6H8O3/c1-4-9(11)7-8-10(12-5-2)13-6-3;1-3-7(2)9(10)8-5-4-6-11-8;1-2-8(10)5-6-9-4-3-7-11-9;1-2-3-5-8(10)9-6-4-7-11-9;1-2-8(9)11-6-7-4-3-5-10-7;1-3-10-7(9)5-4-6(2)8;2*1-2-6(8)7-4-3-5-9-7;1-5(7)3-4-6(8)9-2/h10H,4-6H2,1-3H3;4-7H,3H2,1-2H3;3-7H,2H2,1H3;4,6-7H,2-3,5H2,1H3;3-5H,2,6H2,1H3;3-5H2,1-2H3;3-6,8H,2H2,1H3;2-6,8H,1H2;3-4H,1-2H3/b;;6-5+;;;;;;4-3+. The van der Waals surface area contributed by atoms with Crippen LogP contribution in [0.25, 0.3) is 6.08 Å². The zero-order chi connectivity index (χ0) is 71.3. The van der Waals surface area contributed by atoms with E-state index in [1.807, 2.05) is 41.5 Å². The molecule has 0 bridgehead atoms. The molecule has 3 unspecified atom stereocenters. The largest absolute Gasteiger partial charge is 0.467 e. The van der Waals surface area contributed by atoms with E-state index in [1.54, 1.807) is 118 Å². The van der Waals surface area contributed by atoms with Crippen LogP contribution in [0.4, 0.5) is 0 Å². The smallest absolute Gasteiger partial charge is 0.330 e. The van der Waals surface area contributed by atoms with E-state index in [-0.39, 0.29) is 65.6 Å². The quantitative estimate of drug-likeness (QED) is 0.00673. The first-order chi connectivity index (χ1) is 45.0. The number of unbranched alkanes of at least 4 members (excludes halogenated alkanes) is 1. The summed E-state index contributed by atoms with van der Waals surface area (Å²) >= 11 is 0. The Labute approximate surface area is 553 Å². The second-order valence-electron chi connectivity index (χ2n) is 18.8. The van der Waals surface area contributed by atoms with Crippen molar-refractivity contribution in [1.82, 2.24) is 0 Å². The van der Waals surface area contributed by atoms with E-state index in [2.05, 4.69) is 34.8 Å². The molecule has 518 valence electrons. The number of Topliss-reactive ketones (excluding diaryl/α,β-unsaturated/α-hetero) is 4. The molecule has 0 radical (unpaired) electrons. The Bertz CT molecular complexity index is 2980. The van der Waals surface area contributed by atoms with Crippen LogP contribution in [0.2, 0.25) is 0 Å². The predicted molar refractivity (Wildman–Crippen MR) is 353 cm³/mol. The van der Waals surface area contributed by atoms with E-state index in [0.29, 0.717) is 92.9 Å².